The predicted octanol–water partition coefficient (Wildman–Crippen LogP) is 6.41. The summed E-state index contributed by atoms with van der Waals surface area (Å²) in [4.78, 5) is 25.2. The maximum absolute atomic E-state index is 13.1. The van der Waals surface area contributed by atoms with Gasteiger partial charge in [-0.25, -0.2) is 0 Å². The molecule has 0 saturated heterocycles. The van der Waals surface area contributed by atoms with Crippen LogP contribution < -0.4 is 16.4 Å². The molecular weight excluding hydrogens is 533 g/mol. The van der Waals surface area contributed by atoms with Crippen LogP contribution in [0.2, 0.25) is 10.0 Å². The van der Waals surface area contributed by atoms with E-state index in [1.807, 2.05) is 67.6 Å². The fourth-order valence-electron chi connectivity index (χ4n) is 4.18. The summed E-state index contributed by atoms with van der Waals surface area (Å²) in [5.41, 5.74) is 9.28. The molecule has 1 atom stereocenters. The number of aryl methyl sites for hydroxylation is 1. The molecule has 4 N–H and O–H groups in total. The van der Waals surface area contributed by atoms with Crippen LogP contribution in [0.3, 0.4) is 0 Å². The lowest BCUT2D eigenvalue weighted by Crippen LogP contribution is -2.45. The van der Waals surface area contributed by atoms with E-state index in [-0.39, 0.29) is 22.5 Å². The number of carbonyl (C=O) groups is 2. The van der Waals surface area contributed by atoms with Crippen LogP contribution in [-0.4, -0.2) is 17.9 Å². The number of benzene rings is 3. The van der Waals surface area contributed by atoms with Gasteiger partial charge < -0.3 is 20.8 Å². The lowest BCUT2D eigenvalue weighted by molar-refractivity contribution is -0.119. The third-order valence-electron chi connectivity index (χ3n) is 6.64. The minimum atomic E-state index is -0.884. The summed E-state index contributed by atoms with van der Waals surface area (Å²) in [6, 6.07) is 23.3. The molecular formula is C31H31Cl2N3O3. The summed E-state index contributed by atoms with van der Waals surface area (Å²) < 4.78 is 6.07. The van der Waals surface area contributed by atoms with E-state index in [2.05, 4.69) is 24.5 Å². The van der Waals surface area contributed by atoms with Crippen LogP contribution in [0.1, 0.15) is 46.7 Å². The second-order valence-corrected chi connectivity index (χ2v) is 10.9. The van der Waals surface area contributed by atoms with Gasteiger partial charge in [0.2, 0.25) is 5.91 Å². The van der Waals surface area contributed by atoms with Crippen LogP contribution >= 0.6 is 23.2 Å². The van der Waals surface area contributed by atoms with Crippen molar-refractivity contribution in [2.24, 2.45) is 5.73 Å². The molecule has 4 rings (SSSR count). The first kappa shape index (κ1) is 28.4. The second-order valence-electron chi connectivity index (χ2n) is 10.1. The number of amides is 2. The molecule has 0 spiro atoms. The first-order chi connectivity index (χ1) is 18.5. The Morgan fingerprint density at radius 1 is 0.949 bits per heavy atom. The number of nitrogens with two attached hydrogens (primary N) is 1. The maximum Gasteiger partial charge on any atom is 0.253 e. The van der Waals surface area contributed by atoms with E-state index in [0.29, 0.717) is 22.9 Å². The molecule has 3 aromatic carbocycles. The number of carbonyl (C=O) groups excluding carboxylic acids is 2. The fraction of sp³-hybridized carbons (Fsp3) is 0.226. The molecule has 0 aliphatic heterocycles. The van der Waals surface area contributed by atoms with Crippen molar-refractivity contribution < 1.29 is 14.0 Å². The van der Waals surface area contributed by atoms with Gasteiger partial charge >= 0.3 is 0 Å². The smallest absolute Gasteiger partial charge is 0.253 e. The number of primary amides is 1. The van der Waals surface area contributed by atoms with Gasteiger partial charge in [-0.3, -0.25) is 9.59 Å². The Morgan fingerprint density at radius 2 is 1.64 bits per heavy atom. The highest BCUT2D eigenvalue weighted by atomic mass is 35.5. The van der Waals surface area contributed by atoms with Crippen molar-refractivity contribution in [3.8, 4) is 11.3 Å². The maximum atomic E-state index is 13.1. The lowest BCUT2D eigenvalue weighted by Gasteiger charge is -2.26. The zero-order valence-corrected chi connectivity index (χ0v) is 23.6. The topological polar surface area (TPSA) is 97.4 Å². The molecule has 0 aliphatic carbocycles. The molecule has 0 fully saturated rings. The summed E-state index contributed by atoms with van der Waals surface area (Å²) >= 11 is 12.4. The number of hydrogen-bond acceptors (Lipinski definition) is 4. The molecule has 39 heavy (non-hydrogen) atoms. The van der Waals surface area contributed by atoms with E-state index in [1.54, 1.807) is 18.2 Å². The van der Waals surface area contributed by atoms with E-state index in [0.717, 1.165) is 22.5 Å². The minimum Gasteiger partial charge on any atom is -0.460 e. The van der Waals surface area contributed by atoms with Gasteiger partial charge in [-0.05, 0) is 74.4 Å². The minimum absolute atomic E-state index is 0.226. The standard InChI is InChI=1S/C31H31Cl2N3O3/c1-19-4-6-20(7-5-19)16-27(29(34)37)36-30(38)25-17-21(8-14-26(25)33)28-15-13-24(39-28)18-35-31(2,3)22-9-11-23(32)12-10-22/h4-15,17,27,35H,16,18H2,1-3H3,(H2,34,37)(H,36,38)/t27-/m1/s1. The van der Waals surface area contributed by atoms with Crippen molar-refractivity contribution in [1.29, 1.82) is 0 Å². The molecule has 202 valence electrons. The van der Waals surface area contributed by atoms with E-state index < -0.39 is 17.9 Å². The van der Waals surface area contributed by atoms with Gasteiger partial charge in [0, 0.05) is 22.5 Å². The van der Waals surface area contributed by atoms with Gasteiger partial charge in [0.05, 0.1) is 17.1 Å². The highest BCUT2D eigenvalue weighted by molar-refractivity contribution is 6.34. The molecule has 0 aliphatic rings. The Hall–Kier alpha value is -3.58. The van der Waals surface area contributed by atoms with Crippen molar-refractivity contribution >= 4 is 35.0 Å². The normalized spacial score (nSPS) is 12.2. The van der Waals surface area contributed by atoms with Gasteiger partial charge in [-0.2, -0.15) is 0 Å². The molecule has 0 unspecified atom stereocenters. The summed E-state index contributed by atoms with van der Waals surface area (Å²) in [5.74, 6) is 0.213. The Balaban J connectivity index is 1.46. The van der Waals surface area contributed by atoms with Crippen molar-refractivity contribution in [1.82, 2.24) is 10.6 Å². The summed E-state index contributed by atoms with van der Waals surface area (Å²) in [5, 5.41) is 7.18. The molecule has 0 bridgehead atoms. The van der Waals surface area contributed by atoms with E-state index >= 15 is 0 Å². The predicted molar refractivity (Wildman–Crippen MR) is 156 cm³/mol. The Morgan fingerprint density at radius 3 is 2.31 bits per heavy atom. The zero-order valence-electron chi connectivity index (χ0n) is 22.1. The summed E-state index contributed by atoms with van der Waals surface area (Å²) in [6.45, 7) is 6.65. The first-order valence-corrected chi connectivity index (χ1v) is 13.3. The van der Waals surface area contributed by atoms with Crippen molar-refractivity contribution in [3.05, 3.63) is 117 Å². The second kappa shape index (κ2) is 12.1. The highest BCUT2D eigenvalue weighted by Gasteiger charge is 2.23. The highest BCUT2D eigenvalue weighted by Crippen LogP contribution is 2.28. The summed E-state index contributed by atoms with van der Waals surface area (Å²) in [7, 11) is 0. The molecule has 2 amide bonds. The number of hydrogen-bond donors (Lipinski definition) is 3. The number of halogens is 2. The number of rotatable bonds is 10. The molecule has 6 nitrogen and oxygen atoms in total. The van der Waals surface area contributed by atoms with Gasteiger partial charge in [-0.15, -0.1) is 0 Å². The summed E-state index contributed by atoms with van der Waals surface area (Å²) in [6.07, 6.45) is 0.277. The van der Waals surface area contributed by atoms with E-state index in [1.165, 1.54) is 0 Å². The quantitative estimate of drug-likeness (QED) is 0.207. The van der Waals surface area contributed by atoms with Gasteiger partial charge in [-0.1, -0.05) is 65.2 Å². The monoisotopic (exact) mass is 563 g/mol. The third kappa shape index (κ3) is 7.30. The van der Waals surface area contributed by atoms with Crippen molar-refractivity contribution in [2.45, 2.75) is 45.3 Å². The molecule has 8 heteroatoms. The van der Waals surface area contributed by atoms with Crippen molar-refractivity contribution in [3.63, 3.8) is 0 Å². The average Bonchev–Trinajstić information content (AvgIpc) is 3.38. The number of nitrogens with one attached hydrogen (secondary N) is 2. The average molecular weight is 565 g/mol. The van der Waals surface area contributed by atoms with Crippen LogP contribution in [0.4, 0.5) is 0 Å². The van der Waals surface area contributed by atoms with Gasteiger partial charge in [0.25, 0.3) is 5.91 Å². The van der Waals surface area contributed by atoms with Crippen LogP contribution in [-0.2, 0) is 23.3 Å². The van der Waals surface area contributed by atoms with Crippen molar-refractivity contribution in [2.75, 3.05) is 0 Å². The Bertz CT molecular complexity index is 1460. The fourth-order valence-corrected chi connectivity index (χ4v) is 4.51. The lowest BCUT2D eigenvalue weighted by atomic mass is 9.94. The van der Waals surface area contributed by atoms with Crippen LogP contribution in [0, 0.1) is 6.92 Å². The molecule has 1 heterocycles. The SMILES string of the molecule is Cc1ccc(C[C@@H](NC(=O)c2cc(-c3ccc(CNC(C)(C)c4ccc(Cl)cc4)o3)ccc2Cl)C(N)=O)cc1. The number of furan rings is 1. The third-order valence-corrected chi connectivity index (χ3v) is 7.22. The van der Waals surface area contributed by atoms with Crippen LogP contribution in [0.25, 0.3) is 11.3 Å². The molecule has 0 radical (unpaired) electrons. The van der Waals surface area contributed by atoms with Crippen LogP contribution in [0.15, 0.2) is 83.3 Å². The Kier molecular flexibility index (Phi) is 8.80. The van der Waals surface area contributed by atoms with E-state index in [9.17, 15) is 9.59 Å². The largest absolute Gasteiger partial charge is 0.460 e. The first-order valence-electron chi connectivity index (χ1n) is 12.6. The zero-order chi connectivity index (χ0) is 28.2. The van der Waals surface area contributed by atoms with Crippen LogP contribution in [0.5, 0.6) is 0 Å². The van der Waals surface area contributed by atoms with E-state index in [4.69, 9.17) is 33.4 Å². The molecule has 4 aromatic rings. The van der Waals surface area contributed by atoms with Gasteiger partial charge in [0.15, 0.2) is 0 Å². The molecule has 0 saturated carbocycles. The Labute approximate surface area is 238 Å². The van der Waals surface area contributed by atoms with Gasteiger partial charge in [0.1, 0.15) is 17.6 Å². The molecule has 1 aromatic heterocycles.